The molecule has 0 saturated heterocycles. The Kier molecular flexibility index (Phi) is 7.84. The summed E-state index contributed by atoms with van der Waals surface area (Å²) in [5, 5.41) is 3.38. The summed E-state index contributed by atoms with van der Waals surface area (Å²) in [5.74, 6) is 0.873. The number of hydrogen-bond acceptors (Lipinski definition) is 7. The molecule has 0 aliphatic rings. The van der Waals surface area contributed by atoms with Crippen LogP contribution in [0.2, 0.25) is 5.02 Å². The van der Waals surface area contributed by atoms with Crippen LogP contribution < -0.4 is 25.3 Å². The summed E-state index contributed by atoms with van der Waals surface area (Å²) in [4.78, 5) is 28.6. The van der Waals surface area contributed by atoms with Crippen molar-refractivity contribution in [1.82, 2.24) is 4.98 Å². The van der Waals surface area contributed by atoms with Crippen molar-refractivity contribution in [3.05, 3.63) is 83.5 Å². The van der Waals surface area contributed by atoms with E-state index in [0.29, 0.717) is 46.2 Å². The Balaban J connectivity index is 1.54. The van der Waals surface area contributed by atoms with E-state index in [9.17, 15) is 9.59 Å². The molecule has 3 aromatic carbocycles. The lowest BCUT2D eigenvalue weighted by atomic mass is 10.1. The van der Waals surface area contributed by atoms with E-state index in [2.05, 4.69) is 10.3 Å². The maximum atomic E-state index is 12.2. The van der Waals surface area contributed by atoms with E-state index >= 15 is 0 Å². The van der Waals surface area contributed by atoms with Crippen molar-refractivity contribution in [2.24, 2.45) is 5.73 Å². The van der Waals surface area contributed by atoms with Crippen LogP contribution >= 0.6 is 11.6 Å². The lowest BCUT2D eigenvalue weighted by Gasteiger charge is -2.14. The molecule has 9 nitrogen and oxygen atoms in total. The quantitative estimate of drug-likeness (QED) is 0.290. The molecule has 0 aliphatic heterocycles. The fourth-order valence-corrected chi connectivity index (χ4v) is 3.52. The van der Waals surface area contributed by atoms with Crippen LogP contribution in [0.15, 0.2) is 72.9 Å². The summed E-state index contributed by atoms with van der Waals surface area (Å²) in [6.45, 7) is 0.596. The third-order valence-electron chi connectivity index (χ3n) is 4.97. The first-order valence-electron chi connectivity index (χ1n) is 10.8. The molecule has 4 rings (SSSR count). The second-order valence-electron chi connectivity index (χ2n) is 7.45. The number of nitrogens with one attached hydrogen (secondary N) is 1. The van der Waals surface area contributed by atoms with Gasteiger partial charge in [0.15, 0.2) is 0 Å². The predicted molar refractivity (Wildman–Crippen MR) is 135 cm³/mol. The molecular formula is C26H22ClN3O6. The zero-order chi connectivity index (χ0) is 25.5. The highest BCUT2D eigenvalue weighted by molar-refractivity contribution is 6.33. The SMILES string of the molecule is COCCOc1cc2nccc(Oc3ccc(NC(=O)Oc4ccccc4)c(Cl)c3)c2cc1C(N)=O. The Morgan fingerprint density at radius 1 is 0.972 bits per heavy atom. The van der Waals surface area contributed by atoms with E-state index in [1.54, 1.807) is 74.0 Å². The minimum Gasteiger partial charge on any atom is -0.490 e. The second-order valence-corrected chi connectivity index (χ2v) is 7.86. The highest BCUT2D eigenvalue weighted by atomic mass is 35.5. The van der Waals surface area contributed by atoms with E-state index < -0.39 is 12.0 Å². The largest absolute Gasteiger partial charge is 0.490 e. The van der Waals surface area contributed by atoms with E-state index in [4.69, 9.17) is 36.3 Å². The number of rotatable bonds is 9. The minimum absolute atomic E-state index is 0.186. The molecule has 0 fully saturated rings. The van der Waals surface area contributed by atoms with Crippen molar-refractivity contribution in [3.8, 4) is 23.0 Å². The van der Waals surface area contributed by atoms with Crippen molar-refractivity contribution in [2.75, 3.05) is 25.6 Å². The van der Waals surface area contributed by atoms with Crippen molar-refractivity contribution in [3.63, 3.8) is 0 Å². The van der Waals surface area contributed by atoms with Gasteiger partial charge < -0.3 is 24.7 Å². The van der Waals surface area contributed by atoms with Gasteiger partial charge in [0.2, 0.25) is 0 Å². The van der Waals surface area contributed by atoms with Crippen LogP contribution in [0.4, 0.5) is 10.5 Å². The Hall–Kier alpha value is -4.34. The van der Waals surface area contributed by atoms with Gasteiger partial charge in [-0.05, 0) is 36.4 Å². The Bertz CT molecular complexity index is 1400. The molecule has 2 amide bonds. The lowest BCUT2D eigenvalue weighted by Crippen LogP contribution is -2.16. The average molecular weight is 508 g/mol. The maximum Gasteiger partial charge on any atom is 0.417 e. The fourth-order valence-electron chi connectivity index (χ4n) is 3.30. The number of hydrogen-bond donors (Lipinski definition) is 2. The molecule has 0 unspecified atom stereocenters. The highest BCUT2D eigenvalue weighted by Gasteiger charge is 2.16. The predicted octanol–water partition coefficient (Wildman–Crippen LogP) is 5.42. The number of ether oxygens (including phenoxy) is 4. The number of primary amides is 1. The van der Waals surface area contributed by atoms with Crippen LogP contribution in [-0.2, 0) is 4.74 Å². The molecular weight excluding hydrogens is 486 g/mol. The molecule has 0 aliphatic carbocycles. The van der Waals surface area contributed by atoms with Crippen LogP contribution in [-0.4, -0.2) is 37.3 Å². The molecule has 0 saturated carbocycles. The number of carbonyl (C=O) groups is 2. The van der Waals surface area contributed by atoms with Crippen LogP contribution in [0.5, 0.6) is 23.0 Å². The molecule has 0 radical (unpaired) electrons. The van der Waals surface area contributed by atoms with E-state index in [1.165, 1.54) is 0 Å². The highest BCUT2D eigenvalue weighted by Crippen LogP contribution is 2.35. The van der Waals surface area contributed by atoms with Crippen LogP contribution in [0.3, 0.4) is 0 Å². The molecule has 0 spiro atoms. The first-order valence-corrected chi connectivity index (χ1v) is 11.2. The fraction of sp³-hybridized carbons (Fsp3) is 0.115. The minimum atomic E-state index is -0.681. The van der Waals surface area contributed by atoms with Crippen molar-refractivity contribution < 1.29 is 28.5 Å². The number of anilines is 1. The van der Waals surface area contributed by atoms with Crippen molar-refractivity contribution in [1.29, 1.82) is 0 Å². The van der Waals surface area contributed by atoms with Crippen LogP contribution in [0.1, 0.15) is 10.4 Å². The number of halogens is 1. The van der Waals surface area contributed by atoms with Crippen LogP contribution in [0.25, 0.3) is 10.9 Å². The van der Waals surface area contributed by atoms with Gasteiger partial charge in [0.25, 0.3) is 5.91 Å². The van der Waals surface area contributed by atoms with Crippen LogP contribution in [0, 0.1) is 0 Å². The van der Waals surface area contributed by atoms with Crippen molar-refractivity contribution in [2.45, 2.75) is 0 Å². The molecule has 3 N–H and O–H groups in total. The van der Waals surface area contributed by atoms with Gasteiger partial charge in [0, 0.05) is 30.8 Å². The zero-order valence-corrected chi connectivity index (χ0v) is 20.0. The number of aromatic nitrogens is 1. The number of pyridine rings is 1. The molecule has 4 aromatic rings. The smallest absolute Gasteiger partial charge is 0.417 e. The summed E-state index contributed by atoms with van der Waals surface area (Å²) < 4.78 is 21.9. The normalized spacial score (nSPS) is 10.6. The third-order valence-corrected chi connectivity index (χ3v) is 5.28. The number of methoxy groups -OCH3 is 1. The summed E-state index contributed by atoms with van der Waals surface area (Å²) >= 11 is 6.36. The van der Waals surface area contributed by atoms with Gasteiger partial charge in [-0.1, -0.05) is 29.8 Å². The number of fused-ring (bicyclic) bond motifs is 1. The number of para-hydroxylation sites is 1. The van der Waals surface area contributed by atoms with Crippen molar-refractivity contribution >= 4 is 40.2 Å². The standard InChI is InChI=1S/C26H22ClN3O6/c1-33-11-12-34-24-15-22-18(14-19(24)25(28)31)23(9-10-29-22)35-17-7-8-21(20(27)13-17)30-26(32)36-16-5-3-2-4-6-16/h2-10,13-15H,11-12H2,1H3,(H2,28,31)(H,30,32). The van der Waals surface area contributed by atoms with Gasteiger partial charge in [-0.3, -0.25) is 15.1 Å². The Morgan fingerprint density at radius 3 is 2.50 bits per heavy atom. The molecule has 0 bridgehead atoms. The van der Waals surface area contributed by atoms with Gasteiger partial charge >= 0.3 is 6.09 Å². The zero-order valence-electron chi connectivity index (χ0n) is 19.2. The Labute approximate surface area is 211 Å². The molecule has 184 valence electrons. The van der Waals surface area contributed by atoms with E-state index in [1.807, 2.05) is 6.07 Å². The van der Waals surface area contributed by atoms with E-state index in [-0.39, 0.29) is 17.2 Å². The first kappa shape index (κ1) is 24.8. The van der Waals surface area contributed by atoms with E-state index in [0.717, 1.165) is 0 Å². The van der Waals surface area contributed by atoms with Gasteiger partial charge in [0.05, 0.1) is 28.4 Å². The summed E-state index contributed by atoms with van der Waals surface area (Å²) in [7, 11) is 1.55. The molecule has 36 heavy (non-hydrogen) atoms. The maximum absolute atomic E-state index is 12.2. The van der Waals surface area contributed by atoms with Gasteiger partial charge in [-0.25, -0.2) is 4.79 Å². The summed E-state index contributed by atoms with van der Waals surface area (Å²) in [6, 6.07) is 18.3. The second kappa shape index (κ2) is 11.4. The Morgan fingerprint density at radius 2 is 1.78 bits per heavy atom. The molecule has 10 heteroatoms. The van der Waals surface area contributed by atoms with Gasteiger partial charge in [-0.2, -0.15) is 0 Å². The monoisotopic (exact) mass is 507 g/mol. The number of nitrogens with zero attached hydrogens (tertiary/aromatic N) is 1. The summed E-state index contributed by atoms with van der Waals surface area (Å²) in [6.07, 6.45) is 0.886. The first-order chi connectivity index (χ1) is 17.4. The lowest BCUT2D eigenvalue weighted by molar-refractivity contribution is 0.0992. The number of carbonyl (C=O) groups excluding carboxylic acids is 2. The molecule has 0 atom stereocenters. The number of amides is 2. The number of benzene rings is 3. The van der Waals surface area contributed by atoms with Gasteiger partial charge in [0.1, 0.15) is 29.6 Å². The average Bonchev–Trinajstić information content (AvgIpc) is 2.86. The molecule has 1 aromatic heterocycles. The molecule has 1 heterocycles. The number of nitrogens with two attached hydrogens (primary N) is 1. The topological polar surface area (TPSA) is 122 Å². The van der Waals surface area contributed by atoms with Gasteiger partial charge in [-0.15, -0.1) is 0 Å². The third kappa shape index (κ3) is 6.01. The summed E-state index contributed by atoms with van der Waals surface area (Å²) in [5.41, 5.74) is 6.64.